The quantitative estimate of drug-likeness (QED) is 0.517. The molecule has 10 heteroatoms. The van der Waals surface area contributed by atoms with Crippen molar-refractivity contribution in [2.24, 2.45) is 0 Å². The minimum Gasteiger partial charge on any atom is -0.494 e. The normalized spacial score (nSPS) is 12.0. The van der Waals surface area contributed by atoms with Crippen LogP contribution in [0.15, 0.2) is 48.5 Å². The Morgan fingerprint density at radius 2 is 1.73 bits per heavy atom. The summed E-state index contributed by atoms with van der Waals surface area (Å²) >= 11 is 6.29. The highest BCUT2D eigenvalue weighted by atomic mass is 35.5. The molecule has 0 radical (unpaired) electrons. The summed E-state index contributed by atoms with van der Waals surface area (Å²) in [6.07, 6.45) is 1.38. The largest absolute Gasteiger partial charge is 0.494 e. The fourth-order valence-electron chi connectivity index (χ4n) is 3.39. The second-order valence-corrected chi connectivity index (χ2v) is 9.66. The lowest BCUT2D eigenvalue weighted by atomic mass is 10.1. The van der Waals surface area contributed by atoms with Crippen LogP contribution in [0, 0.1) is 0 Å². The summed E-state index contributed by atoms with van der Waals surface area (Å²) in [4.78, 5) is 27.4. The minimum atomic E-state index is -3.79. The Kier molecular flexibility index (Phi) is 9.55. The Morgan fingerprint density at radius 1 is 1.09 bits per heavy atom. The van der Waals surface area contributed by atoms with Crippen LogP contribution in [0.2, 0.25) is 5.02 Å². The zero-order chi connectivity index (χ0) is 24.6. The molecule has 0 aliphatic carbocycles. The van der Waals surface area contributed by atoms with Crippen LogP contribution in [-0.4, -0.2) is 57.6 Å². The van der Waals surface area contributed by atoms with E-state index >= 15 is 0 Å². The highest BCUT2D eigenvalue weighted by Gasteiger charge is 2.31. The average Bonchev–Trinajstić information content (AvgIpc) is 2.78. The average molecular weight is 496 g/mol. The van der Waals surface area contributed by atoms with Crippen molar-refractivity contribution in [3.63, 3.8) is 0 Å². The van der Waals surface area contributed by atoms with Gasteiger partial charge in [0.15, 0.2) is 0 Å². The second-order valence-electron chi connectivity index (χ2n) is 7.35. The van der Waals surface area contributed by atoms with Crippen molar-refractivity contribution in [2.75, 3.05) is 30.8 Å². The molecule has 0 heterocycles. The SMILES string of the molecule is CCOc1ccc(N(CC(=O)N(Cc2ccccc2Cl)C(CC)C(=O)NC)S(C)(=O)=O)cc1. The summed E-state index contributed by atoms with van der Waals surface area (Å²) < 4.78 is 31.6. The molecule has 0 aromatic heterocycles. The summed E-state index contributed by atoms with van der Waals surface area (Å²) in [5.74, 6) is -0.276. The summed E-state index contributed by atoms with van der Waals surface area (Å²) in [5.41, 5.74) is 0.974. The molecular formula is C23H30ClN3O5S. The van der Waals surface area contributed by atoms with Crippen molar-refractivity contribution in [1.82, 2.24) is 10.2 Å². The first-order valence-corrected chi connectivity index (χ1v) is 12.8. The van der Waals surface area contributed by atoms with Gasteiger partial charge in [-0.15, -0.1) is 0 Å². The lowest BCUT2D eigenvalue weighted by Gasteiger charge is -2.32. The molecule has 180 valence electrons. The first-order chi connectivity index (χ1) is 15.6. The number of carbonyl (C=O) groups is 2. The fourth-order valence-corrected chi connectivity index (χ4v) is 4.43. The summed E-state index contributed by atoms with van der Waals surface area (Å²) in [6, 6.07) is 12.7. The first kappa shape index (κ1) is 26.5. The molecule has 0 spiro atoms. The first-order valence-electron chi connectivity index (χ1n) is 10.6. The Morgan fingerprint density at radius 3 is 2.24 bits per heavy atom. The van der Waals surface area contributed by atoms with Gasteiger partial charge in [0.2, 0.25) is 21.8 Å². The maximum atomic E-state index is 13.5. The molecule has 0 aliphatic rings. The number of rotatable bonds is 11. The molecule has 2 rings (SSSR count). The molecule has 2 amide bonds. The molecule has 2 aromatic carbocycles. The van der Waals surface area contributed by atoms with E-state index in [9.17, 15) is 18.0 Å². The number of anilines is 1. The molecular weight excluding hydrogens is 466 g/mol. The number of nitrogens with zero attached hydrogens (tertiary/aromatic N) is 2. The topological polar surface area (TPSA) is 96.0 Å². The Bertz CT molecular complexity index is 1060. The standard InChI is InChI=1S/C23H30ClN3O5S/c1-5-21(23(29)25-3)26(15-17-9-7-8-10-20(17)24)22(28)16-27(33(4,30)31)18-11-13-19(14-12-18)32-6-2/h7-14,21H,5-6,15-16H2,1-4H3,(H,25,29). The van der Waals surface area contributed by atoms with Gasteiger partial charge in [-0.2, -0.15) is 0 Å². The van der Waals surface area contributed by atoms with Crippen molar-refractivity contribution in [3.8, 4) is 5.75 Å². The van der Waals surface area contributed by atoms with Gasteiger partial charge in [0.25, 0.3) is 0 Å². The lowest BCUT2D eigenvalue weighted by molar-refractivity contribution is -0.140. The van der Waals surface area contributed by atoms with Crippen LogP contribution in [-0.2, 0) is 26.2 Å². The van der Waals surface area contributed by atoms with E-state index in [-0.39, 0.29) is 12.5 Å². The summed E-state index contributed by atoms with van der Waals surface area (Å²) in [5, 5.41) is 3.03. The lowest BCUT2D eigenvalue weighted by Crippen LogP contribution is -2.51. The summed E-state index contributed by atoms with van der Waals surface area (Å²) in [7, 11) is -2.30. The zero-order valence-electron chi connectivity index (χ0n) is 19.2. The van der Waals surface area contributed by atoms with Crippen LogP contribution in [0.1, 0.15) is 25.8 Å². The van der Waals surface area contributed by atoms with E-state index in [2.05, 4.69) is 5.32 Å². The van der Waals surface area contributed by atoms with Gasteiger partial charge < -0.3 is 15.0 Å². The van der Waals surface area contributed by atoms with Gasteiger partial charge in [0.05, 0.1) is 18.6 Å². The van der Waals surface area contributed by atoms with E-state index < -0.39 is 28.5 Å². The van der Waals surface area contributed by atoms with Gasteiger partial charge in [-0.05, 0) is 49.2 Å². The van der Waals surface area contributed by atoms with Gasteiger partial charge >= 0.3 is 0 Å². The number of carbonyl (C=O) groups excluding carboxylic acids is 2. The number of hydrogen-bond acceptors (Lipinski definition) is 5. The van der Waals surface area contributed by atoms with Crippen molar-refractivity contribution in [2.45, 2.75) is 32.9 Å². The number of sulfonamides is 1. The predicted molar refractivity (Wildman–Crippen MR) is 130 cm³/mol. The van der Waals surface area contributed by atoms with Gasteiger partial charge in [-0.1, -0.05) is 36.7 Å². The summed E-state index contributed by atoms with van der Waals surface area (Å²) in [6.45, 7) is 3.70. The van der Waals surface area contributed by atoms with E-state index in [0.29, 0.717) is 35.1 Å². The zero-order valence-corrected chi connectivity index (χ0v) is 20.8. The molecule has 33 heavy (non-hydrogen) atoms. The van der Waals surface area contributed by atoms with Crippen molar-refractivity contribution in [3.05, 3.63) is 59.1 Å². The van der Waals surface area contributed by atoms with Crippen LogP contribution >= 0.6 is 11.6 Å². The van der Waals surface area contributed by atoms with Crippen LogP contribution in [0.5, 0.6) is 5.75 Å². The van der Waals surface area contributed by atoms with Crippen LogP contribution in [0.3, 0.4) is 0 Å². The Labute approximate surface area is 200 Å². The van der Waals surface area contributed by atoms with Gasteiger partial charge in [0, 0.05) is 18.6 Å². The fraction of sp³-hybridized carbons (Fsp3) is 0.391. The van der Waals surface area contributed by atoms with Crippen molar-refractivity contribution < 1.29 is 22.7 Å². The second kappa shape index (κ2) is 11.9. The van der Waals surface area contributed by atoms with E-state index in [0.717, 1.165) is 10.6 Å². The monoisotopic (exact) mass is 495 g/mol. The molecule has 1 N–H and O–H groups in total. The highest BCUT2D eigenvalue weighted by Crippen LogP contribution is 2.24. The number of nitrogens with one attached hydrogen (secondary N) is 1. The number of ether oxygens (including phenoxy) is 1. The minimum absolute atomic E-state index is 0.0608. The third-order valence-corrected chi connectivity index (χ3v) is 6.56. The van der Waals surface area contributed by atoms with E-state index in [1.165, 1.54) is 11.9 Å². The number of halogens is 1. The van der Waals surface area contributed by atoms with Crippen LogP contribution in [0.25, 0.3) is 0 Å². The van der Waals surface area contributed by atoms with Crippen LogP contribution in [0.4, 0.5) is 5.69 Å². The molecule has 2 aromatic rings. The maximum absolute atomic E-state index is 13.5. The molecule has 0 saturated carbocycles. The van der Waals surface area contributed by atoms with Gasteiger partial charge in [-0.3, -0.25) is 13.9 Å². The number of likely N-dealkylation sites (N-methyl/N-ethyl adjacent to an activating group) is 1. The van der Waals surface area contributed by atoms with E-state index in [4.69, 9.17) is 16.3 Å². The number of amides is 2. The Hall–Kier alpha value is -2.78. The van der Waals surface area contributed by atoms with E-state index in [1.807, 2.05) is 6.92 Å². The third kappa shape index (κ3) is 7.10. The van der Waals surface area contributed by atoms with Crippen LogP contribution < -0.4 is 14.4 Å². The molecule has 1 unspecified atom stereocenters. The highest BCUT2D eigenvalue weighted by molar-refractivity contribution is 7.92. The molecule has 0 bridgehead atoms. The molecule has 0 saturated heterocycles. The number of hydrogen-bond donors (Lipinski definition) is 1. The van der Waals surface area contributed by atoms with Gasteiger partial charge in [0.1, 0.15) is 18.3 Å². The predicted octanol–water partition coefficient (Wildman–Crippen LogP) is 3.06. The molecule has 0 aliphatic heterocycles. The Balaban J connectivity index is 2.41. The number of benzene rings is 2. The van der Waals surface area contributed by atoms with Crippen molar-refractivity contribution >= 4 is 39.1 Å². The van der Waals surface area contributed by atoms with Crippen molar-refractivity contribution in [1.29, 1.82) is 0 Å². The van der Waals surface area contributed by atoms with Gasteiger partial charge in [-0.25, -0.2) is 8.42 Å². The molecule has 0 fully saturated rings. The van der Waals surface area contributed by atoms with E-state index in [1.54, 1.807) is 55.5 Å². The molecule has 1 atom stereocenters. The third-order valence-electron chi connectivity index (χ3n) is 5.05. The maximum Gasteiger partial charge on any atom is 0.244 e. The molecule has 8 nitrogen and oxygen atoms in total. The smallest absolute Gasteiger partial charge is 0.244 e.